The number of anilines is 2. The van der Waals surface area contributed by atoms with Crippen molar-refractivity contribution in [1.82, 2.24) is 4.98 Å². The van der Waals surface area contributed by atoms with Crippen LogP contribution in [0.3, 0.4) is 0 Å². The normalized spacial score (nSPS) is 18.4. The van der Waals surface area contributed by atoms with Gasteiger partial charge >= 0.3 is 0 Å². The lowest BCUT2D eigenvalue weighted by molar-refractivity contribution is 0.0125. The maximum Gasteiger partial charge on any atom is 0.136 e. The number of pyridine rings is 1. The van der Waals surface area contributed by atoms with Crippen LogP contribution in [0.25, 0.3) is 10.8 Å². The third kappa shape index (κ3) is 2.31. The zero-order valence-electron chi connectivity index (χ0n) is 11.8. The van der Waals surface area contributed by atoms with Crippen LogP contribution in [0.15, 0.2) is 30.5 Å². The van der Waals surface area contributed by atoms with Gasteiger partial charge in [0.25, 0.3) is 0 Å². The number of nitrogens with two attached hydrogens (primary N) is 1. The van der Waals surface area contributed by atoms with Gasteiger partial charge in [-0.05, 0) is 48.9 Å². The summed E-state index contributed by atoms with van der Waals surface area (Å²) in [6.07, 6.45) is 4.26. The highest BCUT2D eigenvalue weighted by Gasteiger charge is 2.31. The van der Waals surface area contributed by atoms with Crippen molar-refractivity contribution >= 4 is 22.3 Å². The number of nitrogen functional groups attached to an aromatic ring is 1. The van der Waals surface area contributed by atoms with E-state index >= 15 is 0 Å². The zero-order chi connectivity index (χ0) is 14.2. The molecule has 106 valence electrons. The van der Waals surface area contributed by atoms with Crippen LogP contribution < -0.4 is 10.6 Å². The molecule has 3 rings (SSSR count). The summed E-state index contributed by atoms with van der Waals surface area (Å²) in [5, 5.41) is 12.6. The predicted octanol–water partition coefficient (Wildman–Crippen LogP) is 2.56. The SMILES string of the molecule is CCC1(O)CCN(c2nccc3cc(N)ccc23)CC1. The zero-order valence-corrected chi connectivity index (χ0v) is 11.8. The minimum atomic E-state index is -0.495. The number of hydrogen-bond donors (Lipinski definition) is 2. The number of benzene rings is 1. The van der Waals surface area contributed by atoms with Gasteiger partial charge in [-0.1, -0.05) is 6.92 Å². The Bertz CT molecular complexity index is 618. The molecule has 1 fully saturated rings. The molecule has 0 unspecified atom stereocenters. The summed E-state index contributed by atoms with van der Waals surface area (Å²) < 4.78 is 0. The van der Waals surface area contributed by atoms with E-state index in [1.54, 1.807) is 0 Å². The fourth-order valence-electron chi connectivity index (χ4n) is 2.92. The van der Waals surface area contributed by atoms with Crippen LogP contribution in [0.4, 0.5) is 11.5 Å². The van der Waals surface area contributed by atoms with Crippen molar-refractivity contribution < 1.29 is 5.11 Å². The number of rotatable bonds is 2. The standard InChI is InChI=1S/C16H21N3O/c1-2-16(20)6-9-19(10-7-16)15-14-4-3-13(17)11-12(14)5-8-18-15/h3-5,8,11,20H,2,6-7,9-10,17H2,1H3. The summed E-state index contributed by atoms with van der Waals surface area (Å²) in [4.78, 5) is 6.80. The van der Waals surface area contributed by atoms with Gasteiger partial charge in [0.2, 0.25) is 0 Å². The number of aromatic nitrogens is 1. The molecule has 0 radical (unpaired) electrons. The lowest BCUT2D eigenvalue weighted by Crippen LogP contribution is -2.44. The van der Waals surface area contributed by atoms with Crippen LogP contribution in [-0.4, -0.2) is 28.8 Å². The van der Waals surface area contributed by atoms with E-state index in [1.807, 2.05) is 30.5 Å². The molecule has 1 aliphatic heterocycles. The first-order valence-corrected chi connectivity index (χ1v) is 7.23. The fourth-order valence-corrected chi connectivity index (χ4v) is 2.92. The van der Waals surface area contributed by atoms with E-state index in [4.69, 9.17) is 5.73 Å². The molecule has 0 saturated carbocycles. The summed E-state index contributed by atoms with van der Waals surface area (Å²) >= 11 is 0. The second-order valence-corrected chi connectivity index (χ2v) is 5.68. The van der Waals surface area contributed by atoms with Gasteiger partial charge in [-0.3, -0.25) is 0 Å². The Hall–Kier alpha value is -1.81. The Kier molecular flexibility index (Phi) is 3.26. The van der Waals surface area contributed by atoms with Crippen molar-refractivity contribution in [2.75, 3.05) is 23.7 Å². The Labute approximate surface area is 119 Å². The second kappa shape index (κ2) is 4.94. The Morgan fingerprint density at radius 2 is 2.05 bits per heavy atom. The molecule has 4 nitrogen and oxygen atoms in total. The number of fused-ring (bicyclic) bond motifs is 1. The summed E-state index contributed by atoms with van der Waals surface area (Å²) in [5.74, 6) is 1.00. The van der Waals surface area contributed by atoms with Gasteiger partial charge in [0.15, 0.2) is 0 Å². The van der Waals surface area contributed by atoms with E-state index in [1.165, 1.54) is 0 Å². The van der Waals surface area contributed by atoms with Crippen LogP contribution in [0, 0.1) is 0 Å². The third-order valence-corrected chi connectivity index (χ3v) is 4.42. The number of piperidine rings is 1. The monoisotopic (exact) mass is 271 g/mol. The van der Waals surface area contributed by atoms with Gasteiger partial charge in [0, 0.05) is 30.4 Å². The van der Waals surface area contributed by atoms with Crippen molar-refractivity contribution in [2.24, 2.45) is 0 Å². The first-order valence-electron chi connectivity index (χ1n) is 7.23. The van der Waals surface area contributed by atoms with E-state index in [-0.39, 0.29) is 0 Å². The van der Waals surface area contributed by atoms with E-state index in [0.717, 1.165) is 54.6 Å². The highest BCUT2D eigenvalue weighted by Crippen LogP contribution is 2.31. The van der Waals surface area contributed by atoms with Gasteiger partial charge in [-0.2, -0.15) is 0 Å². The summed E-state index contributed by atoms with van der Waals surface area (Å²) in [6.45, 7) is 3.75. The van der Waals surface area contributed by atoms with Crippen molar-refractivity contribution in [3.63, 3.8) is 0 Å². The highest BCUT2D eigenvalue weighted by atomic mass is 16.3. The van der Waals surface area contributed by atoms with Crippen LogP contribution in [0.5, 0.6) is 0 Å². The maximum atomic E-state index is 10.3. The van der Waals surface area contributed by atoms with E-state index in [0.29, 0.717) is 0 Å². The lowest BCUT2D eigenvalue weighted by Gasteiger charge is -2.38. The quantitative estimate of drug-likeness (QED) is 0.824. The first kappa shape index (κ1) is 13.2. The molecule has 1 aliphatic rings. The molecule has 20 heavy (non-hydrogen) atoms. The van der Waals surface area contributed by atoms with Crippen molar-refractivity contribution in [2.45, 2.75) is 31.8 Å². The number of nitrogens with zero attached hydrogens (tertiary/aromatic N) is 2. The molecule has 0 atom stereocenters. The number of aliphatic hydroxyl groups is 1. The summed E-state index contributed by atoms with van der Waals surface area (Å²) in [7, 11) is 0. The Balaban J connectivity index is 1.92. The molecule has 0 amide bonds. The summed E-state index contributed by atoms with van der Waals surface area (Å²) in [5.41, 5.74) is 6.12. The smallest absolute Gasteiger partial charge is 0.136 e. The predicted molar refractivity (Wildman–Crippen MR) is 82.8 cm³/mol. The molecule has 3 N–H and O–H groups in total. The largest absolute Gasteiger partial charge is 0.399 e. The molecule has 0 aliphatic carbocycles. The van der Waals surface area contributed by atoms with Gasteiger partial charge in [0.1, 0.15) is 5.82 Å². The van der Waals surface area contributed by atoms with Crippen molar-refractivity contribution in [3.05, 3.63) is 30.5 Å². The van der Waals surface area contributed by atoms with Crippen LogP contribution in [-0.2, 0) is 0 Å². The van der Waals surface area contributed by atoms with Crippen LogP contribution in [0.2, 0.25) is 0 Å². The highest BCUT2D eigenvalue weighted by molar-refractivity contribution is 5.94. The molecule has 4 heteroatoms. The fraction of sp³-hybridized carbons (Fsp3) is 0.438. The van der Waals surface area contributed by atoms with Crippen molar-refractivity contribution in [1.29, 1.82) is 0 Å². The minimum absolute atomic E-state index is 0.495. The molecule has 1 aromatic carbocycles. The average Bonchev–Trinajstić information content (AvgIpc) is 2.47. The van der Waals surface area contributed by atoms with Gasteiger partial charge < -0.3 is 15.7 Å². The second-order valence-electron chi connectivity index (χ2n) is 5.68. The van der Waals surface area contributed by atoms with Gasteiger partial charge in [-0.15, -0.1) is 0 Å². The Morgan fingerprint density at radius 3 is 2.75 bits per heavy atom. The topological polar surface area (TPSA) is 62.4 Å². The van der Waals surface area contributed by atoms with E-state index in [2.05, 4.69) is 16.8 Å². The molecular formula is C16H21N3O. The van der Waals surface area contributed by atoms with E-state index in [9.17, 15) is 5.11 Å². The van der Waals surface area contributed by atoms with Crippen LogP contribution in [0.1, 0.15) is 26.2 Å². The maximum absolute atomic E-state index is 10.3. The van der Waals surface area contributed by atoms with Gasteiger partial charge in [-0.25, -0.2) is 4.98 Å². The molecule has 2 heterocycles. The molecular weight excluding hydrogens is 250 g/mol. The molecule has 2 aromatic rings. The molecule has 1 aromatic heterocycles. The minimum Gasteiger partial charge on any atom is -0.399 e. The van der Waals surface area contributed by atoms with E-state index < -0.39 is 5.60 Å². The molecule has 0 spiro atoms. The average molecular weight is 271 g/mol. The lowest BCUT2D eigenvalue weighted by atomic mass is 9.89. The van der Waals surface area contributed by atoms with Crippen LogP contribution >= 0.6 is 0 Å². The third-order valence-electron chi connectivity index (χ3n) is 4.42. The van der Waals surface area contributed by atoms with Crippen molar-refractivity contribution in [3.8, 4) is 0 Å². The van der Waals surface area contributed by atoms with Gasteiger partial charge in [0.05, 0.1) is 5.60 Å². The molecule has 1 saturated heterocycles. The summed E-state index contributed by atoms with van der Waals surface area (Å²) in [6, 6.07) is 7.92. The first-order chi connectivity index (χ1) is 9.61. The number of hydrogen-bond acceptors (Lipinski definition) is 4. The molecule has 0 bridgehead atoms. The Morgan fingerprint density at radius 1 is 1.30 bits per heavy atom.